The summed E-state index contributed by atoms with van der Waals surface area (Å²) >= 11 is 0. The van der Waals surface area contributed by atoms with Crippen LogP contribution < -0.4 is 4.89 Å². The summed E-state index contributed by atoms with van der Waals surface area (Å²) in [5.41, 5.74) is -0.996. The molecule has 6 nitrogen and oxygen atoms in total. The first-order valence-electron chi connectivity index (χ1n) is 6.06. The summed E-state index contributed by atoms with van der Waals surface area (Å²) in [5, 5.41) is 18.5. The van der Waals surface area contributed by atoms with Crippen molar-refractivity contribution in [3.05, 3.63) is 0 Å². The quantitative estimate of drug-likeness (QED) is 0.689. The highest BCUT2D eigenvalue weighted by Gasteiger charge is 2.45. The van der Waals surface area contributed by atoms with Gasteiger partial charge in [-0.3, -0.25) is 0 Å². The Morgan fingerprint density at radius 2 is 1.78 bits per heavy atom. The highest BCUT2D eigenvalue weighted by molar-refractivity contribution is 7.54. The van der Waals surface area contributed by atoms with E-state index in [0.29, 0.717) is 19.6 Å². The molecule has 0 atom stereocenters. The van der Waals surface area contributed by atoms with Crippen LogP contribution in [0.4, 0.5) is 0 Å². The molecule has 0 amide bonds. The van der Waals surface area contributed by atoms with Crippen LogP contribution in [0.3, 0.4) is 0 Å². The van der Waals surface area contributed by atoms with Crippen LogP contribution >= 0.6 is 8.17 Å². The van der Waals surface area contributed by atoms with E-state index in [1.165, 1.54) is 0 Å². The molecule has 0 radical (unpaired) electrons. The van der Waals surface area contributed by atoms with Gasteiger partial charge in [0.25, 0.3) is 0 Å². The van der Waals surface area contributed by atoms with E-state index in [4.69, 9.17) is 13.6 Å². The predicted octanol–water partition coefficient (Wildman–Crippen LogP) is 0.495. The zero-order valence-electron chi connectivity index (χ0n) is 11.2. The average Bonchev–Trinajstić information content (AvgIpc) is 2.36. The summed E-state index contributed by atoms with van der Waals surface area (Å²) < 4.78 is 15.5. The maximum atomic E-state index is 12.1. The SMILES string of the molecule is CCC(CO)(CO)CO[P+]1([O-])OCC(C)(C)CO1. The minimum atomic E-state index is -3.55. The van der Waals surface area contributed by atoms with Crippen LogP contribution in [-0.4, -0.2) is 43.2 Å². The Hall–Kier alpha value is 0.190. The van der Waals surface area contributed by atoms with Gasteiger partial charge in [0.05, 0.1) is 13.2 Å². The number of hydrogen-bond acceptors (Lipinski definition) is 6. The zero-order chi connectivity index (χ0) is 13.9. The molecule has 0 aromatic carbocycles. The Bertz CT molecular complexity index is 248. The van der Waals surface area contributed by atoms with Crippen molar-refractivity contribution >= 4 is 8.17 Å². The first-order valence-corrected chi connectivity index (χ1v) is 7.52. The van der Waals surface area contributed by atoms with E-state index in [1.807, 2.05) is 20.8 Å². The second-order valence-electron chi connectivity index (χ2n) is 5.60. The average molecular weight is 282 g/mol. The molecule has 1 heterocycles. The monoisotopic (exact) mass is 282 g/mol. The number of hydrogen-bond donors (Lipinski definition) is 2. The first-order chi connectivity index (χ1) is 8.30. The van der Waals surface area contributed by atoms with E-state index in [-0.39, 0.29) is 25.2 Å². The molecule has 1 saturated heterocycles. The fourth-order valence-corrected chi connectivity index (χ4v) is 3.01. The predicted molar refractivity (Wildman–Crippen MR) is 65.5 cm³/mol. The maximum absolute atomic E-state index is 12.1. The van der Waals surface area contributed by atoms with Crippen molar-refractivity contribution in [2.75, 3.05) is 33.0 Å². The molecule has 0 bridgehead atoms. The van der Waals surface area contributed by atoms with Gasteiger partial charge in [-0.25, -0.2) is 0 Å². The molecule has 1 rings (SSSR count). The number of aliphatic hydroxyl groups is 2. The normalized spacial score (nSPS) is 23.0. The van der Waals surface area contributed by atoms with Crippen LogP contribution in [-0.2, 0) is 13.6 Å². The van der Waals surface area contributed by atoms with E-state index >= 15 is 0 Å². The molecule has 0 aromatic heterocycles. The summed E-state index contributed by atoms with van der Waals surface area (Å²) in [6.45, 7) is 5.73. The molecule has 1 aliphatic rings. The smallest absolute Gasteiger partial charge is 0.379 e. The van der Waals surface area contributed by atoms with E-state index < -0.39 is 13.6 Å². The maximum Gasteiger partial charge on any atom is 0.379 e. The van der Waals surface area contributed by atoms with Gasteiger partial charge in [0.15, 0.2) is 0 Å². The third kappa shape index (κ3) is 4.10. The summed E-state index contributed by atoms with van der Waals surface area (Å²) in [4.78, 5) is 12.1. The molecule has 0 spiro atoms. The molecule has 1 fully saturated rings. The number of phosphoric acid groups is 1. The molecule has 0 unspecified atom stereocenters. The summed E-state index contributed by atoms with van der Waals surface area (Å²) in [6, 6.07) is 0. The Labute approximate surface area is 109 Å². The fourth-order valence-electron chi connectivity index (χ4n) is 1.34. The van der Waals surface area contributed by atoms with Gasteiger partial charge in [0, 0.05) is 10.8 Å². The summed E-state index contributed by atoms with van der Waals surface area (Å²) in [5.74, 6) is 0. The van der Waals surface area contributed by atoms with Gasteiger partial charge in [-0.05, 0) is 6.42 Å². The second kappa shape index (κ2) is 6.09. The van der Waals surface area contributed by atoms with Crippen LogP contribution in [0.15, 0.2) is 0 Å². The van der Waals surface area contributed by atoms with Crippen molar-refractivity contribution in [2.24, 2.45) is 10.8 Å². The van der Waals surface area contributed by atoms with Crippen LogP contribution in [0.2, 0.25) is 0 Å². The molecule has 0 aromatic rings. The van der Waals surface area contributed by atoms with Crippen molar-refractivity contribution < 1.29 is 28.7 Å². The molecule has 18 heavy (non-hydrogen) atoms. The minimum Gasteiger partial charge on any atom is -0.606 e. The lowest BCUT2D eigenvalue weighted by atomic mass is 9.88. The van der Waals surface area contributed by atoms with E-state index in [9.17, 15) is 15.1 Å². The molecular weight excluding hydrogens is 259 g/mol. The molecular formula is C11H23O6P. The van der Waals surface area contributed by atoms with Crippen LogP contribution in [0.1, 0.15) is 27.2 Å². The van der Waals surface area contributed by atoms with Crippen molar-refractivity contribution in [3.63, 3.8) is 0 Å². The van der Waals surface area contributed by atoms with Crippen molar-refractivity contribution in [3.8, 4) is 0 Å². The van der Waals surface area contributed by atoms with Crippen molar-refractivity contribution in [1.29, 1.82) is 0 Å². The lowest BCUT2D eigenvalue weighted by Gasteiger charge is -2.37. The lowest BCUT2D eigenvalue weighted by Crippen LogP contribution is -2.39. The van der Waals surface area contributed by atoms with Gasteiger partial charge >= 0.3 is 8.17 Å². The molecule has 0 saturated carbocycles. The number of phosphoric ester groups is 1. The second-order valence-corrected chi connectivity index (χ2v) is 7.27. The first kappa shape index (κ1) is 16.2. The third-order valence-corrected chi connectivity index (χ3v) is 4.51. The Balaban J connectivity index is 2.52. The van der Waals surface area contributed by atoms with Crippen molar-refractivity contribution in [1.82, 2.24) is 0 Å². The van der Waals surface area contributed by atoms with Gasteiger partial charge in [-0.1, -0.05) is 20.8 Å². The molecule has 1 aliphatic heterocycles. The highest BCUT2D eigenvalue weighted by Crippen LogP contribution is 2.58. The minimum absolute atomic E-state index is 0.0613. The van der Waals surface area contributed by atoms with E-state index in [2.05, 4.69) is 0 Å². The van der Waals surface area contributed by atoms with Gasteiger partial charge in [0.1, 0.15) is 19.8 Å². The Morgan fingerprint density at radius 3 is 2.17 bits per heavy atom. The fraction of sp³-hybridized carbons (Fsp3) is 1.00. The van der Waals surface area contributed by atoms with Gasteiger partial charge in [-0.15, -0.1) is 0 Å². The lowest BCUT2D eigenvalue weighted by molar-refractivity contribution is -0.266. The van der Waals surface area contributed by atoms with Gasteiger partial charge in [0.2, 0.25) is 0 Å². The number of rotatable bonds is 6. The van der Waals surface area contributed by atoms with Crippen LogP contribution in [0.25, 0.3) is 0 Å². The summed E-state index contributed by atoms with van der Waals surface area (Å²) in [7, 11) is -3.55. The Kier molecular flexibility index (Phi) is 5.50. The molecule has 7 heteroatoms. The standard InChI is InChI=1S/C11H23O6P/c1-4-11(5-12,6-13)9-17-18(14)15-7-10(2,3)8-16-18/h12-13H,4-9H2,1-3H3. The molecule has 0 aliphatic carbocycles. The topological polar surface area (TPSA) is 91.2 Å². The van der Waals surface area contributed by atoms with Crippen molar-refractivity contribution in [2.45, 2.75) is 27.2 Å². The highest BCUT2D eigenvalue weighted by atomic mass is 31.2. The van der Waals surface area contributed by atoms with Gasteiger partial charge < -0.3 is 15.1 Å². The van der Waals surface area contributed by atoms with Gasteiger partial charge in [-0.2, -0.15) is 13.6 Å². The van der Waals surface area contributed by atoms with Crippen LogP contribution in [0, 0.1) is 10.8 Å². The summed E-state index contributed by atoms with van der Waals surface area (Å²) in [6.07, 6.45) is 0.505. The number of aliphatic hydroxyl groups excluding tert-OH is 2. The van der Waals surface area contributed by atoms with Crippen LogP contribution in [0.5, 0.6) is 0 Å². The molecule has 2 N–H and O–H groups in total. The zero-order valence-corrected chi connectivity index (χ0v) is 12.1. The van der Waals surface area contributed by atoms with E-state index in [0.717, 1.165) is 0 Å². The Morgan fingerprint density at radius 1 is 1.28 bits per heavy atom. The largest absolute Gasteiger partial charge is 0.606 e. The molecule has 108 valence electrons. The third-order valence-electron chi connectivity index (χ3n) is 3.18. The van der Waals surface area contributed by atoms with E-state index in [1.54, 1.807) is 0 Å².